The number of rotatable bonds is 1. The van der Waals surface area contributed by atoms with Crippen molar-refractivity contribution in [3.63, 3.8) is 0 Å². The number of carbonyl (C=O) groups is 1. The molecule has 0 aliphatic heterocycles. The molecule has 3 heteroatoms. The van der Waals surface area contributed by atoms with E-state index in [1.807, 2.05) is 6.92 Å². The maximum Gasteiger partial charge on any atom is 0.307 e. The maximum atomic E-state index is 10.9. The van der Waals surface area contributed by atoms with Crippen molar-refractivity contribution in [2.45, 2.75) is 32.3 Å². The van der Waals surface area contributed by atoms with E-state index in [0.29, 0.717) is 6.42 Å². The van der Waals surface area contributed by atoms with Gasteiger partial charge in [-0.15, -0.1) is 0 Å². The molecule has 2 saturated carbocycles. The first-order valence-electron chi connectivity index (χ1n) is 4.46. The van der Waals surface area contributed by atoms with Crippen LogP contribution in [0.15, 0.2) is 0 Å². The zero-order valence-electron chi connectivity index (χ0n) is 7.16. The molecule has 2 fully saturated rings. The number of carboxylic acid groups (broad SMARTS) is 1. The molecule has 0 amide bonds. The average molecular weight is 170 g/mol. The van der Waals surface area contributed by atoms with Crippen LogP contribution >= 0.6 is 0 Å². The molecule has 0 heterocycles. The van der Waals surface area contributed by atoms with Crippen LogP contribution in [0, 0.1) is 17.3 Å². The molecule has 68 valence electrons. The van der Waals surface area contributed by atoms with E-state index < -0.39 is 12.1 Å². The fraction of sp³-hybridized carbons (Fsp3) is 0.889. The van der Waals surface area contributed by atoms with Crippen molar-refractivity contribution >= 4 is 5.97 Å². The molecule has 2 aliphatic rings. The number of aliphatic hydroxyl groups excluding tert-OH is 1. The smallest absolute Gasteiger partial charge is 0.307 e. The van der Waals surface area contributed by atoms with Crippen LogP contribution in [-0.4, -0.2) is 22.3 Å². The van der Waals surface area contributed by atoms with Gasteiger partial charge in [-0.3, -0.25) is 4.79 Å². The predicted octanol–water partition coefficient (Wildman–Crippen LogP) is 0.868. The Labute approximate surface area is 71.4 Å². The second kappa shape index (κ2) is 2.22. The lowest BCUT2D eigenvalue weighted by Crippen LogP contribution is -2.34. The molecular formula is C9H14O3. The largest absolute Gasteiger partial charge is 0.481 e. The Morgan fingerprint density at radius 2 is 2.25 bits per heavy atom. The molecule has 0 saturated heterocycles. The minimum Gasteiger partial charge on any atom is -0.481 e. The minimum atomic E-state index is -0.725. The lowest BCUT2D eigenvalue weighted by atomic mass is 9.79. The van der Waals surface area contributed by atoms with Gasteiger partial charge in [-0.25, -0.2) is 0 Å². The summed E-state index contributed by atoms with van der Waals surface area (Å²) in [7, 11) is 0. The van der Waals surface area contributed by atoms with Gasteiger partial charge in [0, 0.05) is 5.41 Å². The van der Waals surface area contributed by atoms with Crippen molar-refractivity contribution in [1.82, 2.24) is 0 Å². The number of carboxylic acids is 1. The summed E-state index contributed by atoms with van der Waals surface area (Å²) in [5.41, 5.74) is -0.337. The standard InChI is InChI=1S/C9H14O3/c1-9-3-2-5(4-6(9)10)7(9)8(11)12/h5-7,10H,2-4H2,1H3,(H,11,12)/t5-,6-,7?,9?/m1/s1. The first kappa shape index (κ1) is 8.05. The number of hydrogen-bond acceptors (Lipinski definition) is 2. The van der Waals surface area contributed by atoms with Crippen LogP contribution in [0.5, 0.6) is 0 Å². The van der Waals surface area contributed by atoms with Gasteiger partial charge in [0.05, 0.1) is 12.0 Å². The first-order chi connectivity index (χ1) is 5.55. The summed E-state index contributed by atoms with van der Waals surface area (Å²) in [5.74, 6) is -0.799. The average Bonchev–Trinajstić information content (AvgIpc) is 2.38. The Balaban J connectivity index is 2.32. The zero-order valence-corrected chi connectivity index (χ0v) is 7.16. The van der Waals surface area contributed by atoms with E-state index in [9.17, 15) is 9.90 Å². The van der Waals surface area contributed by atoms with Crippen LogP contribution in [0.4, 0.5) is 0 Å². The first-order valence-corrected chi connectivity index (χ1v) is 4.46. The Morgan fingerprint density at radius 3 is 2.50 bits per heavy atom. The monoisotopic (exact) mass is 170 g/mol. The Hall–Kier alpha value is -0.570. The van der Waals surface area contributed by atoms with Gasteiger partial charge in [-0.05, 0) is 25.2 Å². The molecular weight excluding hydrogens is 156 g/mol. The number of hydrogen-bond donors (Lipinski definition) is 2. The van der Waals surface area contributed by atoms with Crippen molar-refractivity contribution in [3.05, 3.63) is 0 Å². The van der Waals surface area contributed by atoms with Crippen LogP contribution in [0.1, 0.15) is 26.2 Å². The zero-order chi connectivity index (χ0) is 8.93. The van der Waals surface area contributed by atoms with Crippen molar-refractivity contribution < 1.29 is 15.0 Å². The van der Waals surface area contributed by atoms with E-state index in [2.05, 4.69) is 0 Å². The summed E-state index contributed by atoms with van der Waals surface area (Å²) in [5, 5.41) is 18.6. The van der Waals surface area contributed by atoms with Crippen molar-refractivity contribution in [2.75, 3.05) is 0 Å². The highest BCUT2D eigenvalue weighted by atomic mass is 16.4. The fourth-order valence-corrected chi connectivity index (χ4v) is 3.02. The van der Waals surface area contributed by atoms with E-state index in [0.717, 1.165) is 12.8 Å². The molecule has 0 aromatic rings. The highest BCUT2D eigenvalue weighted by molar-refractivity contribution is 5.72. The lowest BCUT2D eigenvalue weighted by molar-refractivity contribution is -0.146. The van der Waals surface area contributed by atoms with E-state index in [1.54, 1.807) is 0 Å². The number of fused-ring (bicyclic) bond motifs is 2. The number of aliphatic carboxylic acids is 1. The summed E-state index contributed by atoms with van der Waals surface area (Å²) in [6.07, 6.45) is 2.14. The third-order valence-electron chi connectivity index (χ3n) is 3.79. The molecule has 0 aromatic carbocycles. The summed E-state index contributed by atoms with van der Waals surface area (Å²) >= 11 is 0. The van der Waals surface area contributed by atoms with Gasteiger partial charge in [-0.2, -0.15) is 0 Å². The Bertz CT molecular complexity index is 226. The van der Waals surface area contributed by atoms with E-state index >= 15 is 0 Å². The second-order valence-electron chi connectivity index (χ2n) is 4.37. The summed E-state index contributed by atoms with van der Waals surface area (Å²) < 4.78 is 0. The second-order valence-corrected chi connectivity index (χ2v) is 4.37. The third-order valence-corrected chi connectivity index (χ3v) is 3.79. The van der Waals surface area contributed by atoms with Crippen LogP contribution in [0.25, 0.3) is 0 Å². The predicted molar refractivity (Wildman–Crippen MR) is 42.6 cm³/mol. The van der Waals surface area contributed by atoms with Crippen molar-refractivity contribution in [1.29, 1.82) is 0 Å². The normalized spacial score (nSPS) is 51.3. The van der Waals surface area contributed by atoms with Crippen LogP contribution in [0.2, 0.25) is 0 Å². The molecule has 2 unspecified atom stereocenters. The Kier molecular flexibility index (Phi) is 1.49. The molecule has 4 atom stereocenters. The molecule has 2 aliphatic carbocycles. The van der Waals surface area contributed by atoms with Gasteiger partial charge in [0.2, 0.25) is 0 Å². The van der Waals surface area contributed by atoms with Crippen LogP contribution in [0.3, 0.4) is 0 Å². The van der Waals surface area contributed by atoms with Gasteiger partial charge in [-0.1, -0.05) is 6.92 Å². The van der Waals surface area contributed by atoms with Crippen molar-refractivity contribution in [3.8, 4) is 0 Å². The molecule has 3 nitrogen and oxygen atoms in total. The third kappa shape index (κ3) is 0.774. The highest BCUT2D eigenvalue weighted by Crippen LogP contribution is 2.58. The summed E-state index contributed by atoms with van der Waals surface area (Å²) in [6, 6.07) is 0. The van der Waals surface area contributed by atoms with Gasteiger partial charge in [0.1, 0.15) is 0 Å². The van der Waals surface area contributed by atoms with Gasteiger partial charge in [0.25, 0.3) is 0 Å². The molecule has 2 N–H and O–H groups in total. The Morgan fingerprint density at radius 1 is 1.58 bits per heavy atom. The minimum absolute atomic E-state index is 0.225. The van der Waals surface area contributed by atoms with Crippen LogP contribution in [-0.2, 0) is 4.79 Å². The molecule has 0 aromatic heterocycles. The SMILES string of the molecule is CC12CC[C@H](C[C@H]1O)C2C(=O)O. The van der Waals surface area contributed by atoms with Gasteiger partial charge < -0.3 is 10.2 Å². The van der Waals surface area contributed by atoms with Gasteiger partial charge in [0.15, 0.2) is 0 Å². The van der Waals surface area contributed by atoms with Crippen LogP contribution < -0.4 is 0 Å². The number of aliphatic hydroxyl groups is 1. The lowest BCUT2D eigenvalue weighted by Gasteiger charge is -2.28. The van der Waals surface area contributed by atoms with E-state index in [-0.39, 0.29) is 17.3 Å². The molecule has 2 bridgehead atoms. The van der Waals surface area contributed by atoms with Crippen molar-refractivity contribution in [2.24, 2.45) is 17.3 Å². The maximum absolute atomic E-state index is 10.9. The van der Waals surface area contributed by atoms with Gasteiger partial charge >= 0.3 is 5.97 Å². The molecule has 2 rings (SSSR count). The summed E-state index contributed by atoms with van der Waals surface area (Å²) in [4.78, 5) is 10.9. The highest BCUT2D eigenvalue weighted by Gasteiger charge is 2.59. The molecule has 12 heavy (non-hydrogen) atoms. The van der Waals surface area contributed by atoms with E-state index in [1.165, 1.54) is 0 Å². The molecule has 0 spiro atoms. The summed E-state index contributed by atoms with van der Waals surface area (Å²) in [6.45, 7) is 1.91. The quantitative estimate of drug-likeness (QED) is 0.614. The fourth-order valence-electron chi connectivity index (χ4n) is 3.02. The topological polar surface area (TPSA) is 57.5 Å². The molecule has 0 radical (unpaired) electrons. The van der Waals surface area contributed by atoms with E-state index in [4.69, 9.17) is 5.11 Å².